The van der Waals surface area contributed by atoms with E-state index in [0.717, 1.165) is 24.3 Å². The van der Waals surface area contributed by atoms with Crippen molar-refractivity contribution < 1.29 is 0 Å². The molecule has 1 aliphatic rings. The first-order valence-electron chi connectivity index (χ1n) is 6.09. The van der Waals surface area contributed by atoms with Gasteiger partial charge in [-0.3, -0.25) is 5.10 Å². The molecular weight excluding hydrogens is 218 g/mol. The van der Waals surface area contributed by atoms with Gasteiger partial charge in [-0.25, -0.2) is 0 Å². The average molecular weight is 239 g/mol. The van der Waals surface area contributed by atoms with Crippen molar-refractivity contribution in [2.24, 2.45) is 0 Å². The number of hydrogen-bond acceptors (Lipinski definition) is 3. The summed E-state index contributed by atoms with van der Waals surface area (Å²) in [5.41, 5.74) is 2.57. The first-order valence-corrected chi connectivity index (χ1v) is 7.14. The molecule has 0 aliphatic carbocycles. The van der Waals surface area contributed by atoms with Gasteiger partial charge < -0.3 is 5.32 Å². The minimum atomic E-state index is 0.741. The zero-order valence-electron chi connectivity index (χ0n) is 10.1. The minimum absolute atomic E-state index is 0.741. The van der Waals surface area contributed by atoms with E-state index in [0.29, 0.717) is 0 Å². The van der Waals surface area contributed by atoms with Gasteiger partial charge in [0.1, 0.15) is 0 Å². The first kappa shape index (κ1) is 12.0. The lowest BCUT2D eigenvalue weighted by atomic mass is 10.1. The molecule has 0 bridgehead atoms. The second-order valence-corrected chi connectivity index (χ2v) is 6.13. The molecule has 0 saturated carbocycles. The van der Waals surface area contributed by atoms with E-state index in [4.69, 9.17) is 0 Å². The highest BCUT2D eigenvalue weighted by molar-refractivity contribution is 8.00. The number of thioether (sulfide) groups is 1. The Morgan fingerprint density at radius 2 is 2.50 bits per heavy atom. The summed E-state index contributed by atoms with van der Waals surface area (Å²) in [5, 5.41) is 11.5. The molecule has 0 radical (unpaired) electrons. The molecular formula is C12H21N3S. The van der Waals surface area contributed by atoms with Crippen molar-refractivity contribution in [3.63, 3.8) is 0 Å². The molecule has 1 fully saturated rings. The molecule has 2 heterocycles. The number of nitrogens with zero attached hydrogens (tertiary/aromatic N) is 1. The summed E-state index contributed by atoms with van der Waals surface area (Å²) >= 11 is 2.09. The summed E-state index contributed by atoms with van der Waals surface area (Å²) in [7, 11) is 0. The molecule has 1 aromatic rings. The van der Waals surface area contributed by atoms with Gasteiger partial charge in [0, 0.05) is 22.7 Å². The van der Waals surface area contributed by atoms with Gasteiger partial charge in [0.05, 0.1) is 6.20 Å². The molecule has 2 unspecified atom stereocenters. The summed E-state index contributed by atoms with van der Waals surface area (Å²) in [6, 6.07) is 0.741. The van der Waals surface area contributed by atoms with Gasteiger partial charge in [-0.05, 0) is 38.3 Å². The van der Waals surface area contributed by atoms with Crippen molar-refractivity contribution in [1.29, 1.82) is 0 Å². The van der Waals surface area contributed by atoms with Crippen LogP contribution in [0.5, 0.6) is 0 Å². The fourth-order valence-electron chi connectivity index (χ4n) is 2.17. The van der Waals surface area contributed by atoms with Crippen molar-refractivity contribution in [3.8, 4) is 0 Å². The predicted octanol–water partition coefficient (Wildman–Crippen LogP) is 2.13. The maximum Gasteiger partial charge on any atom is 0.0522 e. The zero-order chi connectivity index (χ0) is 11.4. The van der Waals surface area contributed by atoms with Crippen LogP contribution >= 0.6 is 11.8 Å². The highest BCUT2D eigenvalue weighted by Gasteiger charge is 2.20. The molecule has 3 nitrogen and oxygen atoms in total. The Labute approximate surface area is 102 Å². The molecule has 2 atom stereocenters. The Balaban J connectivity index is 1.60. The van der Waals surface area contributed by atoms with Crippen LogP contribution < -0.4 is 5.32 Å². The standard InChI is InChI=1S/C12H21N3S/c1-9-6-12(8-16-9)13-5-3-4-11-7-14-15-10(11)2/h7,9,12-13H,3-6,8H2,1-2H3,(H,14,15). The van der Waals surface area contributed by atoms with Crippen LogP contribution in [0.25, 0.3) is 0 Å². The largest absolute Gasteiger partial charge is 0.313 e. The Morgan fingerprint density at radius 3 is 3.12 bits per heavy atom. The molecule has 0 spiro atoms. The topological polar surface area (TPSA) is 40.7 Å². The smallest absolute Gasteiger partial charge is 0.0522 e. The van der Waals surface area contributed by atoms with Crippen LogP contribution in [0.1, 0.15) is 31.0 Å². The molecule has 2 rings (SSSR count). The minimum Gasteiger partial charge on any atom is -0.313 e. The summed E-state index contributed by atoms with van der Waals surface area (Å²) in [6.45, 7) is 5.54. The maximum atomic E-state index is 4.04. The van der Waals surface area contributed by atoms with Crippen LogP contribution in [0.15, 0.2) is 6.20 Å². The fraction of sp³-hybridized carbons (Fsp3) is 0.750. The summed E-state index contributed by atoms with van der Waals surface area (Å²) in [4.78, 5) is 0. The number of hydrogen-bond donors (Lipinski definition) is 2. The number of aromatic nitrogens is 2. The normalized spacial score (nSPS) is 25.1. The lowest BCUT2D eigenvalue weighted by Gasteiger charge is -2.10. The van der Waals surface area contributed by atoms with E-state index in [2.05, 4.69) is 41.1 Å². The lowest BCUT2D eigenvalue weighted by molar-refractivity contribution is 0.528. The monoisotopic (exact) mass is 239 g/mol. The Morgan fingerprint density at radius 1 is 1.62 bits per heavy atom. The van der Waals surface area contributed by atoms with Crippen LogP contribution in [-0.2, 0) is 6.42 Å². The molecule has 0 amide bonds. The van der Waals surface area contributed by atoms with Gasteiger partial charge in [-0.2, -0.15) is 16.9 Å². The lowest BCUT2D eigenvalue weighted by Crippen LogP contribution is -2.30. The van der Waals surface area contributed by atoms with E-state index in [-0.39, 0.29) is 0 Å². The van der Waals surface area contributed by atoms with Crippen LogP contribution in [0.2, 0.25) is 0 Å². The second kappa shape index (κ2) is 5.73. The van der Waals surface area contributed by atoms with E-state index in [1.165, 1.54) is 29.9 Å². The van der Waals surface area contributed by atoms with Gasteiger partial charge >= 0.3 is 0 Å². The Kier molecular flexibility index (Phi) is 4.29. The molecule has 1 aliphatic heterocycles. The third-order valence-electron chi connectivity index (χ3n) is 3.19. The molecule has 2 N–H and O–H groups in total. The molecule has 0 aromatic carbocycles. The van der Waals surface area contributed by atoms with Crippen molar-refractivity contribution in [2.45, 2.75) is 44.4 Å². The second-order valence-electron chi connectivity index (χ2n) is 4.65. The third kappa shape index (κ3) is 3.25. The third-order valence-corrected chi connectivity index (χ3v) is 4.54. The van der Waals surface area contributed by atoms with Crippen LogP contribution in [0.4, 0.5) is 0 Å². The van der Waals surface area contributed by atoms with E-state index >= 15 is 0 Å². The van der Waals surface area contributed by atoms with Gasteiger partial charge in [-0.1, -0.05) is 6.92 Å². The van der Waals surface area contributed by atoms with E-state index in [9.17, 15) is 0 Å². The van der Waals surface area contributed by atoms with Crippen LogP contribution in [0.3, 0.4) is 0 Å². The van der Waals surface area contributed by atoms with E-state index in [1.807, 2.05) is 6.20 Å². The SMILES string of the molecule is Cc1[nH]ncc1CCCNC1CSC(C)C1. The molecule has 1 saturated heterocycles. The van der Waals surface area contributed by atoms with E-state index in [1.54, 1.807) is 0 Å². The zero-order valence-corrected chi connectivity index (χ0v) is 10.9. The van der Waals surface area contributed by atoms with Crippen molar-refractivity contribution in [2.75, 3.05) is 12.3 Å². The Hall–Kier alpha value is -0.480. The van der Waals surface area contributed by atoms with Crippen molar-refractivity contribution in [1.82, 2.24) is 15.5 Å². The maximum absolute atomic E-state index is 4.04. The molecule has 1 aromatic heterocycles. The molecule has 4 heteroatoms. The Bertz CT molecular complexity index is 324. The molecule has 16 heavy (non-hydrogen) atoms. The van der Waals surface area contributed by atoms with Crippen LogP contribution in [-0.4, -0.2) is 33.8 Å². The molecule has 90 valence electrons. The van der Waals surface area contributed by atoms with Gasteiger partial charge in [0.25, 0.3) is 0 Å². The summed E-state index contributed by atoms with van der Waals surface area (Å²) in [6.07, 6.45) is 5.61. The predicted molar refractivity (Wildman–Crippen MR) is 70.0 cm³/mol. The van der Waals surface area contributed by atoms with Gasteiger partial charge in [0.2, 0.25) is 0 Å². The van der Waals surface area contributed by atoms with Gasteiger partial charge in [0.15, 0.2) is 0 Å². The highest BCUT2D eigenvalue weighted by atomic mass is 32.2. The number of rotatable bonds is 5. The van der Waals surface area contributed by atoms with Crippen LogP contribution in [0, 0.1) is 6.92 Å². The van der Waals surface area contributed by atoms with Gasteiger partial charge in [-0.15, -0.1) is 0 Å². The summed E-state index contributed by atoms with van der Waals surface area (Å²) in [5.74, 6) is 1.28. The van der Waals surface area contributed by atoms with E-state index < -0.39 is 0 Å². The number of aryl methyl sites for hydroxylation is 2. The number of aromatic amines is 1. The first-order chi connectivity index (χ1) is 7.75. The summed E-state index contributed by atoms with van der Waals surface area (Å²) < 4.78 is 0. The number of nitrogens with one attached hydrogen (secondary N) is 2. The quantitative estimate of drug-likeness (QED) is 0.773. The average Bonchev–Trinajstić information content (AvgIpc) is 2.83. The van der Waals surface area contributed by atoms with Crippen molar-refractivity contribution in [3.05, 3.63) is 17.5 Å². The number of H-pyrrole nitrogens is 1. The van der Waals surface area contributed by atoms with Crippen molar-refractivity contribution >= 4 is 11.8 Å². The highest BCUT2D eigenvalue weighted by Crippen LogP contribution is 2.25. The fourth-order valence-corrected chi connectivity index (χ4v) is 3.36.